The Morgan fingerprint density at radius 1 is 0.974 bits per heavy atom. The molecular formula is C24H23F3N8O3. The van der Waals surface area contributed by atoms with E-state index in [1.54, 1.807) is 10.5 Å². The summed E-state index contributed by atoms with van der Waals surface area (Å²) in [6, 6.07) is 9.21. The Morgan fingerprint density at radius 3 is 2.29 bits per heavy atom. The van der Waals surface area contributed by atoms with Crippen molar-refractivity contribution >= 4 is 23.0 Å². The number of carboxylic acids is 1. The van der Waals surface area contributed by atoms with Crippen molar-refractivity contribution in [3.63, 3.8) is 0 Å². The van der Waals surface area contributed by atoms with Gasteiger partial charge in [-0.25, -0.2) is 14.8 Å². The van der Waals surface area contributed by atoms with Gasteiger partial charge in [0, 0.05) is 25.4 Å². The maximum Gasteiger partial charge on any atom is 0.490 e. The minimum Gasteiger partial charge on any atom is -0.475 e. The van der Waals surface area contributed by atoms with E-state index in [1.165, 1.54) is 4.63 Å². The number of hydrogen-bond donors (Lipinski definition) is 2. The normalized spacial score (nSPS) is 24.1. The smallest absolute Gasteiger partial charge is 0.475 e. The van der Waals surface area contributed by atoms with Gasteiger partial charge in [0.05, 0.1) is 11.4 Å². The van der Waals surface area contributed by atoms with Crippen LogP contribution >= 0.6 is 0 Å². The zero-order valence-corrected chi connectivity index (χ0v) is 20.1. The standard InChI is InChI=1S/C22H22N8O.C2HF3O2/c1-12-24-21-5-3-18(27-30(21)26-12)19-6-22(31)29-9-13(2-4-20(29)25-19)28-10-16-14-7-23-8-15(14)17(16)11-28;3-2(4,5)1(6)7/h2-6,9,14-17,23H,7-8,10-11H2,1H3;(H,6,7)/t14?,15?,16-,17?;/m1./s1. The van der Waals surface area contributed by atoms with Crippen LogP contribution in [0.5, 0.6) is 0 Å². The number of rotatable bonds is 2. The van der Waals surface area contributed by atoms with Crippen molar-refractivity contribution in [1.82, 2.24) is 34.5 Å². The highest BCUT2D eigenvalue weighted by Gasteiger charge is 2.56. The maximum absolute atomic E-state index is 12.9. The molecule has 4 aromatic heterocycles. The molecule has 1 aliphatic carbocycles. The van der Waals surface area contributed by atoms with Crippen molar-refractivity contribution < 1.29 is 23.1 Å². The molecule has 38 heavy (non-hydrogen) atoms. The number of alkyl halides is 3. The molecule has 6 heterocycles. The van der Waals surface area contributed by atoms with Crippen LogP contribution in [0.1, 0.15) is 5.82 Å². The molecule has 198 valence electrons. The van der Waals surface area contributed by atoms with Crippen LogP contribution in [0, 0.1) is 30.6 Å². The number of aryl methyl sites for hydroxylation is 1. The fourth-order valence-electron chi connectivity index (χ4n) is 5.92. The van der Waals surface area contributed by atoms with Crippen molar-refractivity contribution in [3.05, 3.63) is 52.7 Å². The molecule has 2 saturated heterocycles. The van der Waals surface area contributed by atoms with Gasteiger partial charge in [-0.3, -0.25) is 9.20 Å². The van der Waals surface area contributed by atoms with Crippen LogP contribution in [0.2, 0.25) is 0 Å². The van der Waals surface area contributed by atoms with E-state index in [-0.39, 0.29) is 5.56 Å². The van der Waals surface area contributed by atoms with Crippen LogP contribution in [0.15, 0.2) is 41.3 Å². The molecule has 3 unspecified atom stereocenters. The SMILES string of the molecule is Cc1nc2ccc(-c3cc(=O)n4cc(N5CC6C7CNCC7[C@H]6C5)ccc4n3)nn2n1.O=C(O)C(F)(F)F. The summed E-state index contributed by atoms with van der Waals surface area (Å²) in [5, 5.41) is 19.4. The second kappa shape index (κ2) is 8.75. The Kier molecular flexibility index (Phi) is 5.59. The molecule has 4 aromatic rings. The summed E-state index contributed by atoms with van der Waals surface area (Å²) < 4.78 is 34.9. The van der Waals surface area contributed by atoms with Crippen LogP contribution in [0.25, 0.3) is 22.7 Å². The second-order valence-electron chi connectivity index (χ2n) is 9.84. The number of nitrogens with one attached hydrogen (secondary N) is 1. The first-order valence-corrected chi connectivity index (χ1v) is 12.1. The van der Waals surface area contributed by atoms with E-state index in [4.69, 9.17) is 9.90 Å². The summed E-state index contributed by atoms with van der Waals surface area (Å²) in [5.41, 5.74) is 3.41. The molecule has 7 rings (SSSR count). The molecular weight excluding hydrogens is 505 g/mol. The molecule has 11 nitrogen and oxygen atoms in total. The molecule has 0 spiro atoms. The van der Waals surface area contributed by atoms with Crippen LogP contribution < -0.4 is 15.8 Å². The summed E-state index contributed by atoms with van der Waals surface area (Å²) in [7, 11) is 0. The monoisotopic (exact) mass is 528 g/mol. The first-order chi connectivity index (χ1) is 18.1. The molecule has 3 aliphatic rings. The number of carbonyl (C=O) groups is 1. The van der Waals surface area contributed by atoms with E-state index >= 15 is 0 Å². The molecule has 2 N–H and O–H groups in total. The van der Waals surface area contributed by atoms with Gasteiger partial charge in [-0.05, 0) is 68.0 Å². The molecule has 4 atom stereocenters. The van der Waals surface area contributed by atoms with Crippen molar-refractivity contribution in [1.29, 1.82) is 0 Å². The Bertz CT molecular complexity index is 1600. The van der Waals surface area contributed by atoms with E-state index in [2.05, 4.69) is 36.4 Å². The van der Waals surface area contributed by atoms with E-state index < -0.39 is 12.1 Å². The van der Waals surface area contributed by atoms with Gasteiger partial charge in [0.2, 0.25) is 0 Å². The van der Waals surface area contributed by atoms with E-state index in [9.17, 15) is 18.0 Å². The lowest BCUT2D eigenvalue weighted by Crippen LogP contribution is -2.44. The van der Waals surface area contributed by atoms with E-state index in [0.717, 1.165) is 55.5 Å². The van der Waals surface area contributed by atoms with Gasteiger partial charge in [0.25, 0.3) is 5.56 Å². The number of aromatic nitrogens is 6. The number of pyridine rings is 1. The molecule has 1 saturated carbocycles. The summed E-state index contributed by atoms with van der Waals surface area (Å²) in [6.45, 7) is 6.32. The first-order valence-electron chi connectivity index (χ1n) is 12.1. The summed E-state index contributed by atoms with van der Waals surface area (Å²) in [4.78, 5) is 33.3. The first kappa shape index (κ1) is 24.3. The van der Waals surface area contributed by atoms with Crippen molar-refractivity contribution in [3.8, 4) is 11.4 Å². The van der Waals surface area contributed by atoms with Gasteiger partial charge >= 0.3 is 12.1 Å². The number of halogens is 3. The third kappa shape index (κ3) is 4.14. The molecule has 2 aliphatic heterocycles. The number of aliphatic carboxylic acids is 1. The number of hydrogen-bond acceptors (Lipinski definition) is 8. The van der Waals surface area contributed by atoms with E-state index in [1.807, 2.05) is 31.3 Å². The molecule has 0 bridgehead atoms. The molecule has 0 aromatic carbocycles. The summed E-state index contributed by atoms with van der Waals surface area (Å²) in [5.74, 6) is 1.14. The summed E-state index contributed by atoms with van der Waals surface area (Å²) in [6.07, 6.45) is -3.15. The molecule has 0 radical (unpaired) electrons. The number of fused-ring (bicyclic) bond motifs is 6. The van der Waals surface area contributed by atoms with Gasteiger partial charge < -0.3 is 15.3 Å². The topological polar surface area (TPSA) is 130 Å². The number of nitrogens with zero attached hydrogens (tertiary/aromatic N) is 7. The van der Waals surface area contributed by atoms with Crippen LogP contribution in [-0.2, 0) is 4.79 Å². The Morgan fingerprint density at radius 2 is 1.63 bits per heavy atom. The van der Waals surface area contributed by atoms with Gasteiger partial charge in [-0.15, -0.1) is 14.8 Å². The predicted molar refractivity (Wildman–Crippen MR) is 129 cm³/mol. The molecule has 14 heteroatoms. The quantitative estimate of drug-likeness (QED) is 0.399. The zero-order valence-electron chi connectivity index (χ0n) is 20.1. The Hall–Kier alpha value is -4.07. The second-order valence-corrected chi connectivity index (χ2v) is 9.84. The largest absolute Gasteiger partial charge is 0.490 e. The Balaban J connectivity index is 0.000000337. The third-order valence-electron chi connectivity index (χ3n) is 7.65. The van der Waals surface area contributed by atoms with Crippen LogP contribution in [-0.4, -0.2) is 72.6 Å². The lowest BCUT2D eigenvalue weighted by molar-refractivity contribution is -0.192. The predicted octanol–water partition coefficient (Wildman–Crippen LogP) is 1.64. The molecule has 3 fully saturated rings. The lowest BCUT2D eigenvalue weighted by Gasteiger charge is -2.43. The van der Waals surface area contributed by atoms with Crippen molar-refractivity contribution in [2.75, 3.05) is 31.1 Å². The highest BCUT2D eigenvalue weighted by atomic mass is 19.4. The van der Waals surface area contributed by atoms with Crippen LogP contribution in [0.4, 0.5) is 18.9 Å². The lowest BCUT2D eigenvalue weighted by atomic mass is 9.60. The van der Waals surface area contributed by atoms with Crippen LogP contribution in [0.3, 0.4) is 0 Å². The van der Waals surface area contributed by atoms with Crippen molar-refractivity contribution in [2.24, 2.45) is 23.7 Å². The average molecular weight is 528 g/mol. The molecule has 0 amide bonds. The zero-order chi connectivity index (χ0) is 26.8. The minimum absolute atomic E-state index is 0.109. The van der Waals surface area contributed by atoms with Gasteiger partial charge in [0.15, 0.2) is 5.65 Å². The fraction of sp³-hybridized carbons (Fsp3) is 0.417. The van der Waals surface area contributed by atoms with Gasteiger partial charge in [-0.2, -0.15) is 13.2 Å². The summed E-state index contributed by atoms with van der Waals surface area (Å²) >= 11 is 0. The minimum atomic E-state index is -5.08. The maximum atomic E-state index is 12.9. The Labute approximate surface area is 212 Å². The van der Waals surface area contributed by atoms with E-state index in [0.29, 0.717) is 28.5 Å². The average Bonchev–Trinajstić information content (AvgIpc) is 3.56. The fourth-order valence-corrected chi connectivity index (χ4v) is 5.92. The number of anilines is 1. The van der Waals surface area contributed by atoms with Gasteiger partial charge in [-0.1, -0.05) is 0 Å². The highest BCUT2D eigenvalue weighted by Crippen LogP contribution is 2.52. The highest BCUT2D eigenvalue weighted by molar-refractivity contribution is 5.73. The van der Waals surface area contributed by atoms with Crippen molar-refractivity contribution in [2.45, 2.75) is 13.1 Å². The third-order valence-corrected chi connectivity index (χ3v) is 7.65. The van der Waals surface area contributed by atoms with Gasteiger partial charge in [0.1, 0.15) is 17.2 Å². The number of carboxylic acid groups (broad SMARTS) is 1.